The minimum Gasteiger partial charge on any atom is -0.338 e. The van der Waals surface area contributed by atoms with Crippen LogP contribution in [-0.2, 0) is 14.8 Å². The third kappa shape index (κ3) is 5.17. The molecular weight excluding hydrogens is 410 g/mol. The summed E-state index contributed by atoms with van der Waals surface area (Å²) in [6, 6.07) is 16.2. The summed E-state index contributed by atoms with van der Waals surface area (Å²) in [6.07, 6.45) is 0. The second kappa shape index (κ2) is 9.26. The Kier molecular flexibility index (Phi) is 6.95. The lowest BCUT2D eigenvalue weighted by molar-refractivity contribution is -0.133. The number of sulfonamides is 1. The van der Waals surface area contributed by atoms with Gasteiger partial charge in [-0.25, -0.2) is 8.42 Å². The first-order valence-electron chi connectivity index (χ1n) is 9.57. The zero-order chi connectivity index (χ0) is 21.0. The summed E-state index contributed by atoms with van der Waals surface area (Å²) in [5.41, 5.74) is 1.08. The van der Waals surface area contributed by atoms with Crippen molar-refractivity contribution in [2.45, 2.75) is 17.9 Å². The molecule has 29 heavy (non-hydrogen) atoms. The summed E-state index contributed by atoms with van der Waals surface area (Å²) >= 11 is 5.94. The largest absolute Gasteiger partial charge is 0.338 e. The molecule has 156 valence electrons. The van der Waals surface area contributed by atoms with E-state index >= 15 is 0 Å². The first-order chi connectivity index (χ1) is 13.8. The van der Waals surface area contributed by atoms with Crippen molar-refractivity contribution in [2.75, 3.05) is 39.8 Å². The van der Waals surface area contributed by atoms with Crippen molar-refractivity contribution < 1.29 is 13.2 Å². The molecule has 3 rings (SSSR count). The standard InChI is InChI=1S/C21H26ClN3O3S/c1-17(18-7-4-3-5-8-18)23(2)21(26)16-24-11-13-25(14-12-24)29(27,28)20-10-6-9-19(22)15-20/h3-10,15,17H,11-14,16H2,1-2H3. The van der Waals surface area contributed by atoms with Gasteiger partial charge in [0.25, 0.3) is 0 Å². The fraction of sp³-hybridized carbons (Fsp3) is 0.381. The van der Waals surface area contributed by atoms with E-state index in [0.717, 1.165) is 5.56 Å². The van der Waals surface area contributed by atoms with Gasteiger partial charge in [0.05, 0.1) is 17.5 Å². The number of rotatable bonds is 6. The molecule has 2 aromatic rings. The van der Waals surface area contributed by atoms with Crippen molar-refractivity contribution >= 4 is 27.5 Å². The Morgan fingerprint density at radius 3 is 2.34 bits per heavy atom. The summed E-state index contributed by atoms with van der Waals surface area (Å²) in [5.74, 6) is 0.0208. The van der Waals surface area contributed by atoms with Crippen molar-refractivity contribution in [2.24, 2.45) is 0 Å². The van der Waals surface area contributed by atoms with Crippen molar-refractivity contribution in [1.82, 2.24) is 14.1 Å². The van der Waals surface area contributed by atoms with Gasteiger partial charge in [-0.2, -0.15) is 4.31 Å². The molecule has 8 heteroatoms. The van der Waals surface area contributed by atoms with Crippen LogP contribution in [0.2, 0.25) is 5.02 Å². The van der Waals surface area contributed by atoms with E-state index in [4.69, 9.17) is 11.6 Å². The second-order valence-corrected chi connectivity index (χ2v) is 9.60. The molecule has 0 bridgehead atoms. The highest BCUT2D eigenvalue weighted by Gasteiger charge is 2.30. The average Bonchev–Trinajstić information content (AvgIpc) is 2.73. The molecular formula is C21H26ClN3O3S. The fourth-order valence-corrected chi connectivity index (χ4v) is 5.10. The number of carbonyl (C=O) groups is 1. The third-order valence-corrected chi connectivity index (χ3v) is 7.51. The number of amides is 1. The van der Waals surface area contributed by atoms with E-state index in [1.54, 1.807) is 30.1 Å². The van der Waals surface area contributed by atoms with Gasteiger partial charge in [-0.1, -0.05) is 48.0 Å². The van der Waals surface area contributed by atoms with Gasteiger partial charge in [0.2, 0.25) is 15.9 Å². The quantitative estimate of drug-likeness (QED) is 0.700. The van der Waals surface area contributed by atoms with Crippen molar-refractivity contribution in [3.8, 4) is 0 Å². The first kappa shape index (κ1) is 21.8. The molecule has 0 aromatic heterocycles. The van der Waals surface area contributed by atoms with E-state index in [-0.39, 0.29) is 23.4 Å². The number of benzene rings is 2. The van der Waals surface area contributed by atoms with Crippen LogP contribution in [-0.4, -0.2) is 68.2 Å². The molecule has 0 N–H and O–H groups in total. The van der Waals surface area contributed by atoms with Crippen LogP contribution < -0.4 is 0 Å². The summed E-state index contributed by atoms with van der Waals surface area (Å²) in [6.45, 7) is 4.00. The molecule has 2 aromatic carbocycles. The molecule has 1 aliphatic heterocycles. The van der Waals surface area contributed by atoms with Gasteiger partial charge in [0.1, 0.15) is 0 Å². The van der Waals surface area contributed by atoms with Crippen LogP contribution in [0, 0.1) is 0 Å². The van der Waals surface area contributed by atoms with E-state index in [2.05, 4.69) is 0 Å². The zero-order valence-corrected chi connectivity index (χ0v) is 18.2. The van der Waals surface area contributed by atoms with E-state index < -0.39 is 10.0 Å². The minimum absolute atomic E-state index is 0.0202. The van der Waals surface area contributed by atoms with Crippen LogP contribution in [0.1, 0.15) is 18.5 Å². The number of hydrogen-bond acceptors (Lipinski definition) is 4. The molecule has 1 saturated heterocycles. The van der Waals surface area contributed by atoms with E-state index in [1.165, 1.54) is 10.4 Å². The number of nitrogens with zero attached hydrogens (tertiary/aromatic N) is 3. The maximum absolute atomic E-state index is 12.8. The molecule has 0 radical (unpaired) electrons. The van der Waals surface area contributed by atoms with Crippen LogP contribution in [0.3, 0.4) is 0 Å². The molecule has 1 amide bonds. The summed E-state index contributed by atoms with van der Waals surface area (Å²) < 4.78 is 27.0. The monoisotopic (exact) mass is 435 g/mol. The Balaban J connectivity index is 1.56. The van der Waals surface area contributed by atoms with Crippen LogP contribution in [0.5, 0.6) is 0 Å². The predicted octanol–water partition coefficient (Wildman–Crippen LogP) is 2.87. The summed E-state index contributed by atoms with van der Waals surface area (Å²) in [5, 5.41) is 0.394. The minimum atomic E-state index is -3.58. The van der Waals surface area contributed by atoms with Gasteiger partial charge in [-0.05, 0) is 30.7 Å². The third-order valence-electron chi connectivity index (χ3n) is 5.38. The van der Waals surface area contributed by atoms with Crippen molar-refractivity contribution in [3.05, 3.63) is 65.2 Å². The smallest absolute Gasteiger partial charge is 0.243 e. The van der Waals surface area contributed by atoms with E-state index in [1.807, 2.05) is 42.2 Å². The van der Waals surface area contributed by atoms with Crippen molar-refractivity contribution in [1.29, 1.82) is 0 Å². The van der Waals surface area contributed by atoms with Crippen LogP contribution >= 0.6 is 11.6 Å². The maximum Gasteiger partial charge on any atom is 0.243 e. The Hall–Kier alpha value is -1.93. The number of likely N-dealkylation sites (N-methyl/N-ethyl adjacent to an activating group) is 1. The lowest BCUT2D eigenvalue weighted by Crippen LogP contribution is -2.51. The van der Waals surface area contributed by atoms with Crippen LogP contribution in [0.25, 0.3) is 0 Å². The highest BCUT2D eigenvalue weighted by atomic mass is 35.5. The van der Waals surface area contributed by atoms with Gasteiger partial charge in [-0.3, -0.25) is 9.69 Å². The summed E-state index contributed by atoms with van der Waals surface area (Å²) in [4.78, 5) is 16.6. The van der Waals surface area contributed by atoms with Gasteiger partial charge in [-0.15, -0.1) is 0 Å². The lowest BCUT2D eigenvalue weighted by atomic mass is 10.1. The van der Waals surface area contributed by atoms with E-state index in [0.29, 0.717) is 31.2 Å². The molecule has 0 aliphatic carbocycles. The predicted molar refractivity (Wildman–Crippen MR) is 114 cm³/mol. The van der Waals surface area contributed by atoms with E-state index in [9.17, 15) is 13.2 Å². The Labute approximate surface area is 177 Å². The molecule has 6 nitrogen and oxygen atoms in total. The van der Waals surface area contributed by atoms with Crippen LogP contribution in [0.15, 0.2) is 59.5 Å². The molecule has 1 fully saturated rings. The molecule has 1 unspecified atom stereocenters. The SMILES string of the molecule is CC(c1ccccc1)N(C)C(=O)CN1CCN(S(=O)(=O)c2cccc(Cl)c2)CC1. The second-order valence-electron chi connectivity index (χ2n) is 7.23. The molecule has 0 saturated carbocycles. The normalized spacial score (nSPS) is 17.1. The maximum atomic E-state index is 12.8. The van der Waals surface area contributed by atoms with Gasteiger partial charge < -0.3 is 4.90 Å². The number of hydrogen-bond donors (Lipinski definition) is 0. The van der Waals surface area contributed by atoms with Gasteiger partial charge in [0.15, 0.2) is 0 Å². The first-order valence-corrected chi connectivity index (χ1v) is 11.4. The van der Waals surface area contributed by atoms with Crippen LogP contribution in [0.4, 0.5) is 0 Å². The number of piperazine rings is 1. The number of carbonyl (C=O) groups excluding carboxylic acids is 1. The van der Waals surface area contributed by atoms with Crippen molar-refractivity contribution in [3.63, 3.8) is 0 Å². The zero-order valence-electron chi connectivity index (χ0n) is 16.7. The molecule has 0 spiro atoms. The highest BCUT2D eigenvalue weighted by Crippen LogP contribution is 2.22. The Morgan fingerprint density at radius 1 is 1.07 bits per heavy atom. The number of halogens is 1. The van der Waals surface area contributed by atoms with Gasteiger partial charge >= 0.3 is 0 Å². The molecule has 1 atom stereocenters. The fourth-order valence-electron chi connectivity index (χ4n) is 3.38. The Bertz CT molecular complexity index is 945. The molecule has 1 aliphatic rings. The molecule has 1 heterocycles. The Morgan fingerprint density at radius 2 is 1.72 bits per heavy atom. The van der Waals surface area contributed by atoms with Gasteiger partial charge in [0, 0.05) is 38.2 Å². The average molecular weight is 436 g/mol. The lowest BCUT2D eigenvalue weighted by Gasteiger charge is -2.35. The topological polar surface area (TPSA) is 60.9 Å². The summed E-state index contributed by atoms with van der Waals surface area (Å²) in [7, 11) is -1.77. The highest BCUT2D eigenvalue weighted by molar-refractivity contribution is 7.89.